The van der Waals surface area contributed by atoms with Gasteiger partial charge in [0.1, 0.15) is 17.3 Å². The molecule has 0 aliphatic carbocycles. The van der Waals surface area contributed by atoms with Gasteiger partial charge < -0.3 is 14.8 Å². The van der Waals surface area contributed by atoms with Crippen molar-refractivity contribution in [2.75, 3.05) is 31.1 Å². The van der Waals surface area contributed by atoms with Crippen molar-refractivity contribution in [3.63, 3.8) is 0 Å². The Labute approximate surface area is 214 Å². The van der Waals surface area contributed by atoms with Gasteiger partial charge in [-0.2, -0.15) is 0 Å². The van der Waals surface area contributed by atoms with Gasteiger partial charge in [0.2, 0.25) is 5.91 Å². The van der Waals surface area contributed by atoms with Gasteiger partial charge in [0.25, 0.3) is 0 Å². The Morgan fingerprint density at radius 3 is 2.64 bits per heavy atom. The van der Waals surface area contributed by atoms with Crippen LogP contribution in [-0.4, -0.2) is 26.7 Å². The van der Waals surface area contributed by atoms with Crippen molar-refractivity contribution in [1.82, 2.24) is 10.1 Å². The van der Waals surface area contributed by atoms with Gasteiger partial charge in [0.05, 0.1) is 31.2 Å². The standard InChI is InChI=1S/C27H29FN4O3S/c1-18-15-29-32(17-18)24-11-9-21(31-27(33)12-19-6-4-5-7-23(19)28)13-26(24)36-30-16-20-8-10-22(34-2)14-25(20)35-3/h4-11,13-14,17,29-30H,12,15-16H2,1-3H3,(H,31,33). The minimum Gasteiger partial charge on any atom is -0.497 e. The Morgan fingerprint density at radius 1 is 1.08 bits per heavy atom. The molecule has 7 nitrogen and oxygen atoms in total. The van der Waals surface area contributed by atoms with Gasteiger partial charge in [-0.1, -0.05) is 24.3 Å². The van der Waals surface area contributed by atoms with Gasteiger partial charge >= 0.3 is 0 Å². The number of nitrogens with zero attached hydrogens (tertiary/aromatic N) is 1. The minimum atomic E-state index is -0.389. The fourth-order valence-corrected chi connectivity index (χ4v) is 4.60. The number of ether oxygens (including phenoxy) is 2. The highest BCUT2D eigenvalue weighted by atomic mass is 32.2. The molecule has 0 radical (unpaired) electrons. The summed E-state index contributed by atoms with van der Waals surface area (Å²) in [5, 5.41) is 4.86. The number of methoxy groups -OCH3 is 2. The van der Waals surface area contributed by atoms with Gasteiger partial charge in [0.15, 0.2) is 0 Å². The number of hydrogen-bond acceptors (Lipinski definition) is 7. The van der Waals surface area contributed by atoms with Gasteiger partial charge in [-0.25, -0.2) is 9.82 Å². The fourth-order valence-electron chi connectivity index (χ4n) is 3.76. The molecule has 188 valence electrons. The molecule has 0 atom stereocenters. The van der Waals surface area contributed by atoms with Crippen molar-refractivity contribution >= 4 is 29.2 Å². The second kappa shape index (κ2) is 11.9. The van der Waals surface area contributed by atoms with E-state index >= 15 is 0 Å². The molecule has 0 fully saturated rings. The van der Waals surface area contributed by atoms with Crippen molar-refractivity contribution in [3.8, 4) is 11.5 Å². The fraction of sp³-hybridized carbons (Fsp3) is 0.222. The molecule has 3 N–H and O–H groups in total. The highest BCUT2D eigenvalue weighted by Crippen LogP contribution is 2.33. The van der Waals surface area contributed by atoms with Crippen LogP contribution in [0.4, 0.5) is 15.8 Å². The van der Waals surface area contributed by atoms with Gasteiger partial charge in [0, 0.05) is 36.6 Å². The molecular weight excluding hydrogens is 479 g/mol. The Bertz CT molecular complexity index is 1270. The number of halogens is 1. The lowest BCUT2D eigenvalue weighted by molar-refractivity contribution is -0.115. The smallest absolute Gasteiger partial charge is 0.228 e. The lowest BCUT2D eigenvalue weighted by atomic mass is 10.1. The van der Waals surface area contributed by atoms with Crippen LogP contribution in [0.3, 0.4) is 0 Å². The number of rotatable bonds is 10. The molecule has 9 heteroatoms. The van der Waals surface area contributed by atoms with Crippen LogP contribution in [-0.2, 0) is 17.8 Å². The third kappa shape index (κ3) is 6.37. The molecule has 1 aliphatic heterocycles. The Kier molecular flexibility index (Phi) is 8.48. The largest absolute Gasteiger partial charge is 0.497 e. The Balaban J connectivity index is 1.49. The summed E-state index contributed by atoms with van der Waals surface area (Å²) in [6.07, 6.45) is 2.00. The molecule has 4 rings (SSSR count). The van der Waals surface area contributed by atoms with E-state index in [1.165, 1.54) is 23.6 Å². The molecule has 3 aromatic carbocycles. The van der Waals surface area contributed by atoms with E-state index in [1.54, 1.807) is 32.4 Å². The van der Waals surface area contributed by atoms with E-state index in [-0.39, 0.29) is 18.1 Å². The summed E-state index contributed by atoms with van der Waals surface area (Å²) in [7, 11) is 3.25. The monoisotopic (exact) mass is 508 g/mol. The van der Waals surface area contributed by atoms with Crippen LogP contribution in [0, 0.1) is 5.82 Å². The van der Waals surface area contributed by atoms with Crippen LogP contribution < -0.4 is 29.9 Å². The first-order valence-corrected chi connectivity index (χ1v) is 12.3. The molecule has 1 heterocycles. The average Bonchev–Trinajstić information content (AvgIpc) is 3.31. The van der Waals surface area contributed by atoms with Gasteiger partial charge in [-0.3, -0.25) is 14.5 Å². The predicted molar refractivity (Wildman–Crippen MR) is 142 cm³/mol. The first-order valence-electron chi connectivity index (χ1n) is 11.4. The van der Waals surface area contributed by atoms with Crippen LogP contribution in [0.2, 0.25) is 0 Å². The van der Waals surface area contributed by atoms with Crippen molar-refractivity contribution in [1.29, 1.82) is 0 Å². The number of benzene rings is 3. The first kappa shape index (κ1) is 25.6. The zero-order valence-electron chi connectivity index (χ0n) is 20.4. The van der Waals surface area contributed by atoms with E-state index in [9.17, 15) is 9.18 Å². The summed E-state index contributed by atoms with van der Waals surface area (Å²) in [6, 6.07) is 17.7. The topological polar surface area (TPSA) is 74.9 Å². The maximum absolute atomic E-state index is 14.0. The summed E-state index contributed by atoms with van der Waals surface area (Å²) in [6.45, 7) is 3.37. The molecule has 3 aromatic rings. The number of hydrazine groups is 1. The molecule has 0 aromatic heterocycles. The summed E-state index contributed by atoms with van der Waals surface area (Å²) >= 11 is 1.45. The Morgan fingerprint density at radius 2 is 1.92 bits per heavy atom. The lowest BCUT2D eigenvalue weighted by Gasteiger charge is -2.21. The number of anilines is 2. The van der Waals surface area contributed by atoms with Crippen LogP contribution in [0.25, 0.3) is 0 Å². The average molecular weight is 509 g/mol. The van der Waals surface area contributed by atoms with Crippen LogP contribution in [0.1, 0.15) is 18.1 Å². The van der Waals surface area contributed by atoms with Gasteiger partial charge in [-0.15, -0.1) is 0 Å². The molecular formula is C27H29FN4O3S. The highest BCUT2D eigenvalue weighted by Gasteiger charge is 2.17. The van der Waals surface area contributed by atoms with E-state index in [4.69, 9.17) is 9.47 Å². The number of amides is 1. The van der Waals surface area contributed by atoms with Crippen molar-refractivity contribution in [2.24, 2.45) is 0 Å². The lowest BCUT2D eigenvalue weighted by Crippen LogP contribution is -2.29. The predicted octanol–water partition coefficient (Wildman–Crippen LogP) is 5.05. The minimum absolute atomic E-state index is 0.0397. The number of carbonyl (C=O) groups is 1. The maximum atomic E-state index is 14.0. The van der Waals surface area contributed by atoms with Crippen molar-refractivity contribution < 1.29 is 18.7 Å². The molecule has 1 amide bonds. The molecule has 0 saturated heterocycles. The normalized spacial score (nSPS) is 12.9. The molecule has 1 aliphatic rings. The quantitative estimate of drug-likeness (QED) is 0.331. The SMILES string of the molecule is COc1ccc(CNSc2cc(NC(=O)Cc3ccccc3F)ccc2N2C=C(C)CN2)c(OC)c1. The first-order chi connectivity index (χ1) is 17.5. The molecule has 0 spiro atoms. The second-order valence-electron chi connectivity index (χ2n) is 8.28. The van der Waals surface area contributed by atoms with E-state index in [1.807, 2.05) is 47.6 Å². The molecule has 0 unspecified atom stereocenters. The third-order valence-electron chi connectivity index (χ3n) is 5.63. The zero-order chi connectivity index (χ0) is 25.5. The molecule has 0 saturated carbocycles. The summed E-state index contributed by atoms with van der Waals surface area (Å²) in [4.78, 5) is 13.5. The maximum Gasteiger partial charge on any atom is 0.228 e. The number of hydrogen-bond donors (Lipinski definition) is 3. The van der Waals surface area contributed by atoms with Crippen LogP contribution in [0.5, 0.6) is 11.5 Å². The van der Waals surface area contributed by atoms with Gasteiger partial charge in [-0.05, 0) is 60.3 Å². The summed E-state index contributed by atoms with van der Waals surface area (Å²) in [5.41, 5.74) is 7.47. The van der Waals surface area contributed by atoms with Crippen LogP contribution in [0.15, 0.2) is 77.3 Å². The Hall–Kier alpha value is -3.53. The van der Waals surface area contributed by atoms with E-state index in [2.05, 4.69) is 22.4 Å². The highest BCUT2D eigenvalue weighted by molar-refractivity contribution is 7.97. The van der Waals surface area contributed by atoms with Crippen molar-refractivity contribution in [2.45, 2.75) is 24.8 Å². The molecule has 36 heavy (non-hydrogen) atoms. The summed E-state index contributed by atoms with van der Waals surface area (Å²) < 4.78 is 28.1. The van der Waals surface area contributed by atoms with E-state index < -0.39 is 0 Å². The summed E-state index contributed by atoms with van der Waals surface area (Å²) in [5.74, 6) is 0.790. The zero-order valence-corrected chi connectivity index (χ0v) is 21.2. The van der Waals surface area contributed by atoms with E-state index in [0.29, 0.717) is 17.8 Å². The third-order valence-corrected chi connectivity index (χ3v) is 6.46. The van der Waals surface area contributed by atoms with E-state index in [0.717, 1.165) is 34.2 Å². The number of carbonyl (C=O) groups excluding carboxylic acids is 1. The van der Waals surface area contributed by atoms with Crippen LogP contribution >= 0.6 is 11.9 Å². The van der Waals surface area contributed by atoms with Crippen molar-refractivity contribution in [3.05, 3.63) is 89.4 Å². The molecule has 0 bridgehead atoms. The number of nitrogens with one attached hydrogen (secondary N) is 3. The second-order valence-corrected chi connectivity index (χ2v) is 9.21.